The predicted octanol–water partition coefficient (Wildman–Crippen LogP) is 4.74. The van der Waals surface area contributed by atoms with E-state index in [2.05, 4.69) is 31.3 Å². The first-order valence-electron chi connectivity index (χ1n) is 8.44. The number of nitrogens with zero attached hydrogens (tertiary/aromatic N) is 1. The molecule has 3 heteroatoms. The Morgan fingerprint density at radius 1 is 1.08 bits per heavy atom. The van der Waals surface area contributed by atoms with Crippen LogP contribution in [-0.2, 0) is 0 Å². The van der Waals surface area contributed by atoms with Gasteiger partial charge < -0.3 is 5.32 Å². The SMILES string of the molecule is CCCCNC(=O)c1cc(-c2cccc(C)c2)nc2ccccc12. The summed E-state index contributed by atoms with van der Waals surface area (Å²) < 4.78 is 0. The van der Waals surface area contributed by atoms with Crippen LogP contribution in [0, 0.1) is 6.92 Å². The fraction of sp³-hybridized carbons (Fsp3) is 0.238. The summed E-state index contributed by atoms with van der Waals surface area (Å²) in [6, 6.07) is 17.9. The predicted molar refractivity (Wildman–Crippen MR) is 99.2 cm³/mol. The lowest BCUT2D eigenvalue weighted by Crippen LogP contribution is -2.24. The average molecular weight is 318 g/mol. The van der Waals surface area contributed by atoms with Crippen LogP contribution in [-0.4, -0.2) is 17.4 Å². The summed E-state index contributed by atoms with van der Waals surface area (Å²) in [5.41, 5.74) is 4.57. The average Bonchev–Trinajstić information content (AvgIpc) is 2.61. The number of aryl methyl sites for hydroxylation is 1. The number of benzene rings is 2. The molecule has 3 aromatic rings. The van der Waals surface area contributed by atoms with Crippen molar-refractivity contribution in [3.8, 4) is 11.3 Å². The Hall–Kier alpha value is -2.68. The first-order chi connectivity index (χ1) is 11.7. The van der Waals surface area contributed by atoms with Gasteiger partial charge in [0.2, 0.25) is 0 Å². The van der Waals surface area contributed by atoms with Crippen molar-refractivity contribution in [2.45, 2.75) is 26.7 Å². The molecule has 3 nitrogen and oxygen atoms in total. The van der Waals surface area contributed by atoms with E-state index in [0.29, 0.717) is 12.1 Å². The Bertz CT molecular complexity index is 871. The van der Waals surface area contributed by atoms with Crippen molar-refractivity contribution in [1.82, 2.24) is 10.3 Å². The lowest BCUT2D eigenvalue weighted by atomic mass is 10.0. The number of para-hydroxylation sites is 1. The number of carbonyl (C=O) groups is 1. The number of carbonyl (C=O) groups excluding carboxylic acids is 1. The summed E-state index contributed by atoms with van der Waals surface area (Å²) in [5.74, 6) is -0.0315. The van der Waals surface area contributed by atoms with Crippen LogP contribution in [0.2, 0.25) is 0 Å². The van der Waals surface area contributed by atoms with Crippen LogP contribution >= 0.6 is 0 Å². The molecule has 3 rings (SSSR count). The summed E-state index contributed by atoms with van der Waals surface area (Å²) in [6.45, 7) is 4.87. The molecule has 0 unspecified atom stereocenters. The van der Waals surface area contributed by atoms with Crippen LogP contribution in [0.25, 0.3) is 22.2 Å². The minimum atomic E-state index is -0.0315. The van der Waals surface area contributed by atoms with E-state index in [4.69, 9.17) is 4.98 Å². The Balaban J connectivity index is 2.08. The van der Waals surface area contributed by atoms with Gasteiger partial charge in [0.25, 0.3) is 5.91 Å². The summed E-state index contributed by atoms with van der Waals surface area (Å²) in [5, 5.41) is 3.91. The van der Waals surface area contributed by atoms with Crippen LogP contribution in [0.4, 0.5) is 0 Å². The second kappa shape index (κ2) is 7.26. The Kier molecular flexibility index (Phi) is 4.90. The maximum atomic E-state index is 12.6. The van der Waals surface area contributed by atoms with Crippen molar-refractivity contribution in [2.24, 2.45) is 0 Å². The molecule has 0 bridgehead atoms. The molecule has 1 N–H and O–H groups in total. The Labute approximate surface area is 142 Å². The highest BCUT2D eigenvalue weighted by atomic mass is 16.1. The second-order valence-electron chi connectivity index (χ2n) is 6.05. The van der Waals surface area contributed by atoms with Crippen LogP contribution in [0.15, 0.2) is 54.6 Å². The first kappa shape index (κ1) is 16.2. The van der Waals surface area contributed by atoms with Gasteiger partial charge >= 0.3 is 0 Å². The van der Waals surface area contributed by atoms with E-state index in [1.54, 1.807) is 0 Å². The van der Waals surface area contributed by atoms with Gasteiger partial charge in [0, 0.05) is 17.5 Å². The van der Waals surface area contributed by atoms with E-state index in [0.717, 1.165) is 35.0 Å². The Morgan fingerprint density at radius 3 is 2.71 bits per heavy atom. The smallest absolute Gasteiger partial charge is 0.252 e. The fourth-order valence-electron chi connectivity index (χ4n) is 2.79. The van der Waals surface area contributed by atoms with E-state index in [-0.39, 0.29) is 5.91 Å². The topological polar surface area (TPSA) is 42.0 Å². The van der Waals surface area contributed by atoms with Gasteiger partial charge in [0.05, 0.1) is 16.8 Å². The number of unbranched alkanes of at least 4 members (excludes halogenated alkanes) is 1. The number of amides is 1. The van der Waals surface area contributed by atoms with E-state index in [1.165, 1.54) is 5.56 Å². The molecule has 0 saturated heterocycles. The molecule has 24 heavy (non-hydrogen) atoms. The van der Waals surface area contributed by atoms with Crippen molar-refractivity contribution in [3.05, 3.63) is 65.7 Å². The van der Waals surface area contributed by atoms with E-state index in [1.807, 2.05) is 42.5 Å². The largest absolute Gasteiger partial charge is 0.352 e. The van der Waals surface area contributed by atoms with E-state index < -0.39 is 0 Å². The third-order valence-electron chi connectivity index (χ3n) is 4.09. The van der Waals surface area contributed by atoms with Crippen molar-refractivity contribution < 1.29 is 4.79 Å². The number of pyridine rings is 1. The molecular weight excluding hydrogens is 296 g/mol. The zero-order valence-corrected chi connectivity index (χ0v) is 14.2. The summed E-state index contributed by atoms with van der Waals surface area (Å²) in [7, 11) is 0. The van der Waals surface area contributed by atoms with Crippen LogP contribution in [0.5, 0.6) is 0 Å². The zero-order chi connectivity index (χ0) is 16.9. The second-order valence-corrected chi connectivity index (χ2v) is 6.05. The number of rotatable bonds is 5. The van der Waals surface area contributed by atoms with Crippen LogP contribution in [0.3, 0.4) is 0 Å². The quantitative estimate of drug-likeness (QED) is 0.690. The zero-order valence-electron chi connectivity index (χ0n) is 14.2. The summed E-state index contributed by atoms with van der Waals surface area (Å²) in [6.07, 6.45) is 2.05. The number of nitrogens with one attached hydrogen (secondary N) is 1. The molecule has 1 amide bonds. The van der Waals surface area contributed by atoms with Crippen molar-refractivity contribution in [2.75, 3.05) is 6.54 Å². The summed E-state index contributed by atoms with van der Waals surface area (Å²) >= 11 is 0. The first-order valence-corrected chi connectivity index (χ1v) is 8.44. The molecule has 0 fully saturated rings. The Morgan fingerprint density at radius 2 is 1.92 bits per heavy atom. The highest BCUT2D eigenvalue weighted by Gasteiger charge is 2.13. The number of hydrogen-bond acceptors (Lipinski definition) is 2. The van der Waals surface area contributed by atoms with Crippen molar-refractivity contribution in [3.63, 3.8) is 0 Å². The molecule has 1 aromatic heterocycles. The number of fused-ring (bicyclic) bond motifs is 1. The normalized spacial score (nSPS) is 10.8. The molecule has 0 saturated carbocycles. The van der Waals surface area contributed by atoms with Gasteiger partial charge in [-0.25, -0.2) is 4.98 Å². The van der Waals surface area contributed by atoms with Gasteiger partial charge in [-0.2, -0.15) is 0 Å². The van der Waals surface area contributed by atoms with Crippen LogP contribution < -0.4 is 5.32 Å². The van der Waals surface area contributed by atoms with E-state index in [9.17, 15) is 4.79 Å². The lowest BCUT2D eigenvalue weighted by Gasteiger charge is -2.11. The fourth-order valence-corrected chi connectivity index (χ4v) is 2.79. The summed E-state index contributed by atoms with van der Waals surface area (Å²) in [4.78, 5) is 17.4. The molecule has 0 aliphatic heterocycles. The van der Waals surface area contributed by atoms with Crippen molar-refractivity contribution >= 4 is 16.8 Å². The van der Waals surface area contributed by atoms with Gasteiger partial charge in [0.15, 0.2) is 0 Å². The molecule has 2 aromatic carbocycles. The van der Waals surface area contributed by atoms with Gasteiger partial charge in [-0.15, -0.1) is 0 Å². The van der Waals surface area contributed by atoms with Crippen molar-refractivity contribution in [1.29, 1.82) is 0 Å². The maximum Gasteiger partial charge on any atom is 0.252 e. The molecule has 0 atom stereocenters. The van der Waals surface area contributed by atoms with Crippen LogP contribution in [0.1, 0.15) is 35.7 Å². The third-order valence-corrected chi connectivity index (χ3v) is 4.09. The number of hydrogen-bond donors (Lipinski definition) is 1. The molecule has 0 aliphatic rings. The van der Waals surface area contributed by atoms with Gasteiger partial charge in [-0.05, 0) is 31.5 Å². The monoisotopic (exact) mass is 318 g/mol. The molecule has 0 aliphatic carbocycles. The van der Waals surface area contributed by atoms with Gasteiger partial charge in [-0.1, -0.05) is 55.3 Å². The standard InChI is InChI=1S/C21H22N2O/c1-3-4-12-22-21(24)18-14-20(16-9-7-8-15(2)13-16)23-19-11-6-5-10-17(18)19/h5-11,13-14H,3-4,12H2,1-2H3,(H,22,24). The van der Waals surface area contributed by atoms with Gasteiger partial charge in [0.1, 0.15) is 0 Å². The minimum absolute atomic E-state index is 0.0315. The molecule has 0 radical (unpaired) electrons. The molecule has 0 spiro atoms. The van der Waals surface area contributed by atoms with Gasteiger partial charge in [-0.3, -0.25) is 4.79 Å². The molecule has 1 heterocycles. The third kappa shape index (κ3) is 3.46. The number of aromatic nitrogens is 1. The van der Waals surface area contributed by atoms with E-state index >= 15 is 0 Å². The highest BCUT2D eigenvalue weighted by Crippen LogP contribution is 2.25. The minimum Gasteiger partial charge on any atom is -0.352 e. The molecule has 122 valence electrons. The highest BCUT2D eigenvalue weighted by molar-refractivity contribution is 6.07. The lowest BCUT2D eigenvalue weighted by molar-refractivity contribution is 0.0955. The maximum absolute atomic E-state index is 12.6. The molecular formula is C21H22N2O.